The summed E-state index contributed by atoms with van der Waals surface area (Å²) in [6.45, 7) is 1.57. The maximum Gasteiger partial charge on any atom is 0.304 e. The predicted molar refractivity (Wildman–Crippen MR) is 71.3 cm³/mol. The van der Waals surface area contributed by atoms with Gasteiger partial charge in [0.1, 0.15) is 0 Å². The van der Waals surface area contributed by atoms with Crippen LogP contribution in [0.2, 0.25) is 0 Å². The highest BCUT2D eigenvalue weighted by Crippen LogP contribution is 2.02. The van der Waals surface area contributed by atoms with Crippen LogP contribution in [0, 0.1) is 0 Å². The third kappa shape index (κ3) is 6.13. The summed E-state index contributed by atoms with van der Waals surface area (Å²) in [5, 5.41) is 8.70. The molecule has 1 aromatic carbocycles. The van der Waals surface area contributed by atoms with E-state index in [0.717, 1.165) is 0 Å². The summed E-state index contributed by atoms with van der Waals surface area (Å²) in [5.41, 5.74) is 0.639. The molecule has 0 radical (unpaired) electrons. The van der Waals surface area contributed by atoms with Crippen molar-refractivity contribution in [3.8, 4) is 0 Å². The number of carbonyl (C=O) groups is 2. The van der Waals surface area contributed by atoms with E-state index in [0.29, 0.717) is 25.3 Å². The van der Waals surface area contributed by atoms with Crippen LogP contribution in [-0.4, -0.2) is 55.1 Å². The summed E-state index contributed by atoms with van der Waals surface area (Å²) >= 11 is 0. The van der Waals surface area contributed by atoms with E-state index < -0.39 is 5.97 Å². The highest BCUT2D eigenvalue weighted by Gasteiger charge is 2.13. The summed E-state index contributed by atoms with van der Waals surface area (Å²) in [5.74, 6) is -0.878. The van der Waals surface area contributed by atoms with Crippen molar-refractivity contribution in [3.63, 3.8) is 0 Å². The SMILES string of the molecule is COCCN(CCC(=O)O)CC(=O)c1ccccc1. The number of rotatable bonds is 9. The largest absolute Gasteiger partial charge is 0.481 e. The monoisotopic (exact) mass is 265 g/mol. The number of methoxy groups -OCH3 is 1. The number of hydrogen-bond acceptors (Lipinski definition) is 4. The fourth-order valence-electron chi connectivity index (χ4n) is 1.66. The first-order chi connectivity index (χ1) is 9.13. The lowest BCUT2D eigenvalue weighted by atomic mass is 10.1. The molecule has 0 aromatic heterocycles. The first kappa shape index (κ1) is 15.3. The van der Waals surface area contributed by atoms with E-state index in [1.54, 1.807) is 24.1 Å². The van der Waals surface area contributed by atoms with Gasteiger partial charge in [0.2, 0.25) is 0 Å². The van der Waals surface area contributed by atoms with Gasteiger partial charge in [0.25, 0.3) is 0 Å². The molecule has 0 heterocycles. The summed E-state index contributed by atoms with van der Waals surface area (Å²) in [6, 6.07) is 8.99. The highest BCUT2D eigenvalue weighted by molar-refractivity contribution is 5.97. The molecule has 0 spiro atoms. The Morgan fingerprint density at radius 2 is 1.89 bits per heavy atom. The van der Waals surface area contributed by atoms with Gasteiger partial charge in [0, 0.05) is 25.8 Å². The summed E-state index contributed by atoms with van der Waals surface area (Å²) in [6.07, 6.45) is 0.0196. The molecule has 0 aliphatic heterocycles. The maximum absolute atomic E-state index is 12.0. The molecule has 5 nitrogen and oxygen atoms in total. The Hall–Kier alpha value is -1.72. The second kappa shape index (κ2) is 8.39. The van der Waals surface area contributed by atoms with Gasteiger partial charge in [-0.25, -0.2) is 0 Å². The van der Waals surface area contributed by atoms with Crippen molar-refractivity contribution < 1.29 is 19.4 Å². The van der Waals surface area contributed by atoms with Gasteiger partial charge in [-0.05, 0) is 0 Å². The Morgan fingerprint density at radius 3 is 2.47 bits per heavy atom. The van der Waals surface area contributed by atoms with Gasteiger partial charge in [0.15, 0.2) is 5.78 Å². The Bertz CT molecular complexity index is 405. The third-order valence-electron chi connectivity index (χ3n) is 2.72. The topological polar surface area (TPSA) is 66.8 Å². The number of aliphatic carboxylic acids is 1. The quantitative estimate of drug-likeness (QED) is 0.681. The van der Waals surface area contributed by atoms with Crippen LogP contribution in [0.25, 0.3) is 0 Å². The molecule has 0 amide bonds. The minimum atomic E-state index is -0.866. The van der Waals surface area contributed by atoms with Crippen LogP contribution in [0.5, 0.6) is 0 Å². The van der Waals surface area contributed by atoms with E-state index in [2.05, 4.69) is 0 Å². The van der Waals surface area contributed by atoms with Crippen LogP contribution >= 0.6 is 0 Å². The van der Waals surface area contributed by atoms with Crippen LogP contribution in [-0.2, 0) is 9.53 Å². The van der Waals surface area contributed by atoms with Crippen LogP contribution in [0.1, 0.15) is 16.8 Å². The first-order valence-electron chi connectivity index (χ1n) is 6.15. The van der Waals surface area contributed by atoms with E-state index in [1.807, 2.05) is 18.2 Å². The molecule has 0 bridgehead atoms. The number of ketones is 1. The van der Waals surface area contributed by atoms with E-state index in [4.69, 9.17) is 9.84 Å². The zero-order chi connectivity index (χ0) is 14.1. The van der Waals surface area contributed by atoms with Gasteiger partial charge < -0.3 is 9.84 Å². The molecule has 0 aliphatic rings. The lowest BCUT2D eigenvalue weighted by Crippen LogP contribution is -2.34. The van der Waals surface area contributed by atoms with Crippen molar-refractivity contribution >= 4 is 11.8 Å². The molecule has 1 rings (SSSR count). The van der Waals surface area contributed by atoms with Crippen molar-refractivity contribution in [1.29, 1.82) is 0 Å². The molecule has 0 unspecified atom stereocenters. The van der Waals surface area contributed by atoms with E-state index in [9.17, 15) is 9.59 Å². The van der Waals surface area contributed by atoms with Crippen molar-refractivity contribution in [2.24, 2.45) is 0 Å². The third-order valence-corrected chi connectivity index (χ3v) is 2.72. The average molecular weight is 265 g/mol. The molecule has 1 aromatic rings. The minimum absolute atomic E-state index is 0.0120. The molecule has 19 heavy (non-hydrogen) atoms. The zero-order valence-corrected chi connectivity index (χ0v) is 11.0. The number of carbonyl (C=O) groups excluding carboxylic acids is 1. The fourth-order valence-corrected chi connectivity index (χ4v) is 1.66. The fraction of sp³-hybridized carbons (Fsp3) is 0.429. The standard InChI is InChI=1S/C14H19NO4/c1-19-10-9-15(8-7-14(17)18)11-13(16)12-5-3-2-4-6-12/h2-6H,7-11H2,1H3,(H,17,18). The van der Waals surface area contributed by atoms with Gasteiger partial charge in [0.05, 0.1) is 19.6 Å². The lowest BCUT2D eigenvalue weighted by molar-refractivity contribution is -0.137. The number of carboxylic acids is 1. The Labute approximate surface area is 112 Å². The van der Waals surface area contributed by atoms with Crippen LogP contribution in [0.4, 0.5) is 0 Å². The lowest BCUT2D eigenvalue weighted by Gasteiger charge is -2.20. The van der Waals surface area contributed by atoms with E-state index >= 15 is 0 Å². The van der Waals surface area contributed by atoms with Crippen molar-refractivity contribution in [3.05, 3.63) is 35.9 Å². The zero-order valence-electron chi connectivity index (χ0n) is 11.0. The second-order valence-electron chi connectivity index (χ2n) is 4.20. The molecule has 104 valence electrons. The van der Waals surface area contributed by atoms with E-state index in [1.165, 1.54) is 0 Å². The van der Waals surface area contributed by atoms with Gasteiger partial charge in [-0.15, -0.1) is 0 Å². The average Bonchev–Trinajstić information content (AvgIpc) is 2.42. The van der Waals surface area contributed by atoms with Gasteiger partial charge >= 0.3 is 5.97 Å². The second-order valence-corrected chi connectivity index (χ2v) is 4.20. The first-order valence-corrected chi connectivity index (χ1v) is 6.15. The van der Waals surface area contributed by atoms with Gasteiger partial charge in [-0.2, -0.15) is 0 Å². The highest BCUT2D eigenvalue weighted by atomic mass is 16.5. The van der Waals surface area contributed by atoms with Crippen LogP contribution in [0.15, 0.2) is 30.3 Å². The van der Waals surface area contributed by atoms with Crippen LogP contribution < -0.4 is 0 Å². The van der Waals surface area contributed by atoms with Crippen molar-refractivity contribution in [2.75, 3.05) is 33.4 Å². The Balaban J connectivity index is 2.55. The Morgan fingerprint density at radius 1 is 1.21 bits per heavy atom. The molecule has 0 atom stereocenters. The van der Waals surface area contributed by atoms with Gasteiger partial charge in [-0.1, -0.05) is 30.3 Å². The predicted octanol–water partition coefficient (Wildman–Crippen LogP) is 1.29. The number of benzene rings is 1. The molecule has 0 saturated carbocycles. The molecule has 1 N–H and O–H groups in total. The molecule has 5 heteroatoms. The number of Topliss-reactive ketones (excluding diaryl/α,β-unsaturated/α-hetero) is 1. The van der Waals surface area contributed by atoms with Crippen molar-refractivity contribution in [2.45, 2.75) is 6.42 Å². The van der Waals surface area contributed by atoms with E-state index in [-0.39, 0.29) is 18.7 Å². The number of ether oxygens (including phenoxy) is 1. The normalized spacial score (nSPS) is 10.6. The summed E-state index contributed by atoms with van der Waals surface area (Å²) in [7, 11) is 1.58. The Kier molecular flexibility index (Phi) is 6.78. The molecule has 0 fully saturated rings. The summed E-state index contributed by atoms with van der Waals surface area (Å²) in [4.78, 5) is 24.4. The number of carboxylic acid groups (broad SMARTS) is 1. The van der Waals surface area contributed by atoms with Gasteiger partial charge in [-0.3, -0.25) is 14.5 Å². The van der Waals surface area contributed by atoms with Crippen molar-refractivity contribution in [1.82, 2.24) is 4.90 Å². The number of hydrogen-bond donors (Lipinski definition) is 1. The maximum atomic E-state index is 12.0. The molecule has 0 aliphatic carbocycles. The molecular formula is C14H19NO4. The minimum Gasteiger partial charge on any atom is -0.481 e. The smallest absolute Gasteiger partial charge is 0.304 e. The summed E-state index contributed by atoms with van der Waals surface area (Å²) < 4.78 is 4.97. The van der Waals surface area contributed by atoms with Crippen LogP contribution in [0.3, 0.4) is 0 Å². The molecular weight excluding hydrogens is 246 g/mol. The number of nitrogens with zero attached hydrogens (tertiary/aromatic N) is 1. The molecule has 0 saturated heterocycles.